The molecule has 2 rings (SSSR count). The first-order valence-electron chi connectivity index (χ1n) is 7.44. The fourth-order valence-corrected chi connectivity index (χ4v) is 3.74. The number of ether oxygens (including phenoxy) is 1. The Labute approximate surface area is 144 Å². The van der Waals surface area contributed by atoms with Crippen molar-refractivity contribution in [3.8, 4) is 0 Å². The van der Waals surface area contributed by atoms with Crippen molar-refractivity contribution in [3.63, 3.8) is 0 Å². The maximum atomic E-state index is 13.0. The minimum atomic E-state index is -0.918. The molecule has 23 heavy (non-hydrogen) atoms. The maximum absolute atomic E-state index is 13.0. The number of benzene rings is 1. The van der Waals surface area contributed by atoms with Crippen LogP contribution in [0.15, 0.2) is 23.1 Å². The van der Waals surface area contributed by atoms with Gasteiger partial charge in [-0.1, -0.05) is 18.5 Å². The third kappa shape index (κ3) is 4.40. The number of methoxy groups -OCH3 is 1. The number of halogens is 1. The quantitative estimate of drug-likeness (QED) is 0.792. The van der Waals surface area contributed by atoms with Gasteiger partial charge in [-0.2, -0.15) is 0 Å². The number of likely N-dealkylation sites (tertiary alicyclic amines) is 1. The van der Waals surface area contributed by atoms with Crippen molar-refractivity contribution < 1.29 is 19.4 Å². The molecule has 0 aromatic heterocycles. The Morgan fingerprint density at radius 3 is 2.83 bits per heavy atom. The summed E-state index contributed by atoms with van der Waals surface area (Å²) >= 11 is 7.61. The molecule has 0 saturated carbocycles. The lowest BCUT2D eigenvalue weighted by atomic mass is 10.1. The smallest absolute Gasteiger partial charge is 0.305 e. The standard InChI is InChI=1S/C16H20ClNO4S/c1-3-23-14-5-4-10(17)6-13(14)16(21)18-9-12(22-2)7-11(18)8-15(19)20/h4-6,11-12H,3,7-9H2,1-2H3,(H,19,20). The molecule has 1 aliphatic rings. The van der Waals surface area contributed by atoms with E-state index in [0.29, 0.717) is 23.6 Å². The summed E-state index contributed by atoms with van der Waals surface area (Å²) in [5.41, 5.74) is 0.525. The van der Waals surface area contributed by atoms with E-state index in [4.69, 9.17) is 21.4 Å². The lowest BCUT2D eigenvalue weighted by molar-refractivity contribution is -0.137. The number of hydrogen-bond acceptors (Lipinski definition) is 4. The van der Waals surface area contributed by atoms with Crippen molar-refractivity contribution in [2.75, 3.05) is 19.4 Å². The summed E-state index contributed by atoms with van der Waals surface area (Å²) in [5.74, 6) is -0.269. The van der Waals surface area contributed by atoms with E-state index in [1.807, 2.05) is 13.0 Å². The molecular weight excluding hydrogens is 338 g/mol. The van der Waals surface area contributed by atoms with Crippen molar-refractivity contribution in [2.45, 2.75) is 36.8 Å². The Hall–Kier alpha value is -1.24. The van der Waals surface area contributed by atoms with Gasteiger partial charge in [-0.3, -0.25) is 9.59 Å². The molecule has 1 heterocycles. The molecule has 1 fully saturated rings. The van der Waals surface area contributed by atoms with E-state index < -0.39 is 5.97 Å². The highest BCUT2D eigenvalue weighted by Crippen LogP contribution is 2.30. The molecule has 1 N–H and O–H groups in total. The lowest BCUT2D eigenvalue weighted by Gasteiger charge is -2.24. The molecule has 2 atom stereocenters. The predicted octanol–water partition coefficient (Wildman–Crippen LogP) is 3.16. The SMILES string of the molecule is CCSc1ccc(Cl)cc1C(=O)N1CC(OC)CC1CC(=O)O. The van der Waals surface area contributed by atoms with Gasteiger partial charge in [0.1, 0.15) is 0 Å². The number of nitrogens with zero attached hydrogens (tertiary/aromatic N) is 1. The normalized spacial score (nSPS) is 20.7. The molecule has 0 bridgehead atoms. The molecule has 5 nitrogen and oxygen atoms in total. The average Bonchev–Trinajstić information content (AvgIpc) is 2.90. The zero-order valence-corrected chi connectivity index (χ0v) is 14.7. The Morgan fingerprint density at radius 1 is 1.48 bits per heavy atom. The van der Waals surface area contributed by atoms with Crippen LogP contribution in [0.25, 0.3) is 0 Å². The van der Waals surface area contributed by atoms with Gasteiger partial charge in [-0.15, -0.1) is 11.8 Å². The number of carboxylic acid groups (broad SMARTS) is 1. The van der Waals surface area contributed by atoms with E-state index in [0.717, 1.165) is 10.6 Å². The van der Waals surface area contributed by atoms with E-state index in [1.165, 1.54) is 0 Å². The highest BCUT2D eigenvalue weighted by atomic mass is 35.5. The number of thioether (sulfide) groups is 1. The van der Waals surface area contributed by atoms with Gasteiger partial charge >= 0.3 is 5.97 Å². The molecule has 0 radical (unpaired) electrons. The fraction of sp³-hybridized carbons (Fsp3) is 0.500. The third-order valence-electron chi connectivity index (χ3n) is 3.85. The van der Waals surface area contributed by atoms with Crippen LogP contribution in [0.4, 0.5) is 0 Å². The second kappa shape index (κ2) is 8.04. The zero-order chi connectivity index (χ0) is 17.0. The molecular formula is C16H20ClNO4S. The minimum absolute atomic E-state index is 0.0809. The number of carboxylic acids is 1. The summed E-state index contributed by atoms with van der Waals surface area (Å²) < 4.78 is 5.32. The molecule has 1 aliphatic heterocycles. The van der Waals surface area contributed by atoms with E-state index in [-0.39, 0.29) is 24.5 Å². The number of carbonyl (C=O) groups excluding carboxylic acids is 1. The number of aliphatic carboxylic acids is 1. The van der Waals surface area contributed by atoms with Crippen LogP contribution in [-0.2, 0) is 9.53 Å². The Morgan fingerprint density at radius 2 is 2.22 bits per heavy atom. The van der Waals surface area contributed by atoms with Gasteiger partial charge < -0.3 is 14.7 Å². The van der Waals surface area contributed by atoms with Gasteiger partial charge in [0.05, 0.1) is 18.1 Å². The molecule has 1 saturated heterocycles. The van der Waals surface area contributed by atoms with E-state index in [9.17, 15) is 9.59 Å². The summed E-state index contributed by atoms with van der Waals surface area (Å²) in [6.07, 6.45) is 0.318. The largest absolute Gasteiger partial charge is 0.481 e. The molecule has 1 amide bonds. The second-order valence-corrected chi connectivity index (χ2v) is 7.12. The molecule has 0 spiro atoms. The van der Waals surface area contributed by atoms with Crippen LogP contribution < -0.4 is 0 Å². The molecule has 126 valence electrons. The Bertz CT molecular complexity index is 595. The van der Waals surface area contributed by atoms with Crippen LogP contribution in [0, 0.1) is 0 Å². The summed E-state index contributed by atoms with van der Waals surface area (Å²) in [5, 5.41) is 9.57. The number of hydrogen-bond donors (Lipinski definition) is 1. The Kier molecular flexibility index (Phi) is 6.33. The topological polar surface area (TPSA) is 66.8 Å². The van der Waals surface area contributed by atoms with Crippen LogP contribution in [-0.4, -0.2) is 53.4 Å². The first-order chi connectivity index (χ1) is 11.0. The maximum Gasteiger partial charge on any atom is 0.305 e. The van der Waals surface area contributed by atoms with Gasteiger partial charge in [-0.05, 0) is 30.4 Å². The van der Waals surface area contributed by atoms with Gasteiger partial charge in [0.15, 0.2) is 0 Å². The summed E-state index contributed by atoms with van der Waals surface area (Å²) in [6.45, 7) is 2.41. The van der Waals surface area contributed by atoms with Crippen molar-refractivity contribution in [1.82, 2.24) is 4.90 Å². The first kappa shape index (κ1) is 18.1. The van der Waals surface area contributed by atoms with E-state index in [2.05, 4.69) is 0 Å². The first-order valence-corrected chi connectivity index (χ1v) is 8.80. The average molecular weight is 358 g/mol. The predicted molar refractivity (Wildman–Crippen MR) is 90.3 cm³/mol. The van der Waals surface area contributed by atoms with E-state index in [1.54, 1.807) is 35.9 Å². The second-order valence-electron chi connectivity index (χ2n) is 5.38. The number of carbonyl (C=O) groups is 2. The Balaban J connectivity index is 2.30. The third-order valence-corrected chi connectivity index (χ3v) is 5.04. The zero-order valence-electron chi connectivity index (χ0n) is 13.1. The van der Waals surface area contributed by atoms with Crippen LogP contribution in [0.2, 0.25) is 5.02 Å². The monoisotopic (exact) mass is 357 g/mol. The number of rotatable bonds is 6. The van der Waals surface area contributed by atoms with Gasteiger partial charge in [-0.25, -0.2) is 0 Å². The van der Waals surface area contributed by atoms with Crippen molar-refractivity contribution >= 4 is 35.2 Å². The van der Waals surface area contributed by atoms with E-state index >= 15 is 0 Å². The van der Waals surface area contributed by atoms with Crippen LogP contribution in [0.1, 0.15) is 30.1 Å². The number of amides is 1. The highest BCUT2D eigenvalue weighted by molar-refractivity contribution is 7.99. The van der Waals surface area contributed by atoms with Crippen molar-refractivity contribution in [2.24, 2.45) is 0 Å². The summed E-state index contributed by atoms with van der Waals surface area (Å²) in [6, 6.07) is 4.88. The molecule has 1 aromatic carbocycles. The van der Waals surface area contributed by atoms with Crippen molar-refractivity contribution in [3.05, 3.63) is 28.8 Å². The van der Waals surface area contributed by atoms with Crippen LogP contribution in [0.3, 0.4) is 0 Å². The lowest BCUT2D eigenvalue weighted by Crippen LogP contribution is -2.37. The molecule has 1 aromatic rings. The summed E-state index contributed by atoms with van der Waals surface area (Å²) in [7, 11) is 1.58. The molecule has 0 aliphatic carbocycles. The van der Waals surface area contributed by atoms with Gasteiger partial charge in [0.2, 0.25) is 0 Å². The summed E-state index contributed by atoms with van der Waals surface area (Å²) in [4.78, 5) is 26.5. The highest BCUT2D eigenvalue weighted by Gasteiger charge is 2.37. The van der Waals surface area contributed by atoms with Crippen molar-refractivity contribution in [1.29, 1.82) is 0 Å². The van der Waals surface area contributed by atoms with Crippen LogP contribution in [0.5, 0.6) is 0 Å². The van der Waals surface area contributed by atoms with Crippen LogP contribution >= 0.6 is 23.4 Å². The van der Waals surface area contributed by atoms with Gasteiger partial charge in [0.25, 0.3) is 5.91 Å². The fourth-order valence-electron chi connectivity index (χ4n) is 2.79. The molecule has 7 heteroatoms. The minimum Gasteiger partial charge on any atom is -0.481 e. The van der Waals surface area contributed by atoms with Gasteiger partial charge in [0, 0.05) is 29.6 Å². The molecule has 2 unspecified atom stereocenters.